The summed E-state index contributed by atoms with van der Waals surface area (Å²) in [5.41, 5.74) is 2.57. The first-order chi connectivity index (χ1) is 10.7. The summed E-state index contributed by atoms with van der Waals surface area (Å²) >= 11 is 2.98. The number of fused-ring (bicyclic) bond motifs is 1. The average molecular weight is 333 g/mol. The van der Waals surface area contributed by atoms with Gasteiger partial charge in [0.1, 0.15) is 5.52 Å². The molecule has 1 amide bonds. The summed E-state index contributed by atoms with van der Waals surface area (Å²) in [6.07, 6.45) is 0. The van der Waals surface area contributed by atoms with Gasteiger partial charge in [0.25, 0.3) is 5.22 Å². The second-order valence-electron chi connectivity index (χ2n) is 4.62. The molecule has 0 radical (unpaired) electrons. The van der Waals surface area contributed by atoms with Gasteiger partial charge < -0.3 is 4.42 Å². The Bertz CT molecular complexity index is 764. The summed E-state index contributed by atoms with van der Waals surface area (Å²) in [4.78, 5) is 22.1. The van der Waals surface area contributed by atoms with Crippen molar-refractivity contribution in [3.63, 3.8) is 0 Å². The Hall–Kier alpha value is -1.86. The highest BCUT2D eigenvalue weighted by Crippen LogP contribution is 2.28. The minimum atomic E-state index is 0.00926. The van der Waals surface area contributed by atoms with Crippen LogP contribution in [-0.2, 0) is 10.5 Å². The quantitative estimate of drug-likeness (QED) is 0.662. The number of hydrogen-bond donors (Lipinski definition) is 0. The molecule has 0 aliphatic carbocycles. The lowest BCUT2D eigenvalue weighted by Crippen LogP contribution is -2.27. The smallest absolute Gasteiger partial charge is 0.257 e. The minimum Gasteiger partial charge on any atom is -0.431 e. The van der Waals surface area contributed by atoms with Crippen LogP contribution < -0.4 is 4.90 Å². The summed E-state index contributed by atoms with van der Waals surface area (Å²) < 4.78 is 5.67. The molecule has 0 spiro atoms. The molecular formula is C15H15N3O2S2. The van der Waals surface area contributed by atoms with Crippen LogP contribution in [0.3, 0.4) is 0 Å². The normalized spacial score (nSPS) is 11.0. The van der Waals surface area contributed by atoms with Crippen LogP contribution in [0.15, 0.2) is 39.3 Å². The fourth-order valence-corrected chi connectivity index (χ4v) is 3.80. The Labute approximate surface area is 136 Å². The number of hydrogen-bond acceptors (Lipinski definition) is 6. The minimum absolute atomic E-state index is 0.00926. The monoisotopic (exact) mass is 333 g/mol. The van der Waals surface area contributed by atoms with Crippen molar-refractivity contribution in [3.8, 4) is 0 Å². The number of anilines is 1. The third-order valence-corrected chi connectivity index (χ3v) is 4.86. The Morgan fingerprint density at radius 1 is 1.36 bits per heavy atom. The van der Waals surface area contributed by atoms with Crippen LogP contribution in [0.5, 0.6) is 0 Å². The predicted molar refractivity (Wildman–Crippen MR) is 89.4 cm³/mol. The molecule has 0 saturated carbocycles. The van der Waals surface area contributed by atoms with Gasteiger partial charge in [-0.1, -0.05) is 23.9 Å². The van der Waals surface area contributed by atoms with Crippen molar-refractivity contribution in [2.75, 3.05) is 11.4 Å². The maximum atomic E-state index is 11.5. The largest absolute Gasteiger partial charge is 0.431 e. The molecule has 2 aromatic heterocycles. The van der Waals surface area contributed by atoms with Gasteiger partial charge in [-0.3, -0.25) is 9.69 Å². The SMILES string of the molecule is CCN(C(C)=O)c1nc(CSc2nc3ccccc3o2)cs1. The van der Waals surface area contributed by atoms with Crippen molar-refractivity contribution in [1.82, 2.24) is 9.97 Å². The highest BCUT2D eigenvalue weighted by molar-refractivity contribution is 7.98. The summed E-state index contributed by atoms with van der Waals surface area (Å²) in [6, 6.07) is 7.69. The predicted octanol–water partition coefficient (Wildman–Crippen LogP) is 3.95. The van der Waals surface area contributed by atoms with E-state index in [4.69, 9.17) is 4.42 Å². The standard InChI is InChI=1S/C15H15N3O2S2/c1-3-18(10(2)19)14-16-11(8-21-14)9-22-15-17-12-6-4-5-7-13(12)20-15/h4-8H,3,9H2,1-2H3. The topological polar surface area (TPSA) is 59.2 Å². The molecule has 7 heteroatoms. The van der Waals surface area contributed by atoms with Gasteiger partial charge in [-0.15, -0.1) is 11.3 Å². The first kappa shape index (κ1) is 15.1. The average Bonchev–Trinajstić information content (AvgIpc) is 3.11. The van der Waals surface area contributed by atoms with E-state index in [1.807, 2.05) is 36.6 Å². The molecule has 3 aromatic rings. The number of thiazole rings is 1. The molecule has 1 aromatic carbocycles. The molecule has 0 atom stereocenters. The molecule has 0 bridgehead atoms. The lowest BCUT2D eigenvalue weighted by atomic mass is 10.3. The van der Waals surface area contributed by atoms with E-state index in [9.17, 15) is 4.79 Å². The van der Waals surface area contributed by atoms with Crippen LogP contribution in [0.1, 0.15) is 19.5 Å². The number of rotatable bonds is 5. The summed E-state index contributed by atoms with van der Waals surface area (Å²) in [5, 5.41) is 3.34. The highest BCUT2D eigenvalue weighted by Gasteiger charge is 2.14. The number of aromatic nitrogens is 2. The fourth-order valence-electron chi connectivity index (χ4n) is 2.03. The van der Waals surface area contributed by atoms with Crippen molar-refractivity contribution in [2.24, 2.45) is 0 Å². The van der Waals surface area contributed by atoms with Gasteiger partial charge >= 0.3 is 0 Å². The van der Waals surface area contributed by atoms with Gasteiger partial charge in [-0.25, -0.2) is 9.97 Å². The highest BCUT2D eigenvalue weighted by atomic mass is 32.2. The zero-order chi connectivity index (χ0) is 15.5. The van der Waals surface area contributed by atoms with Gasteiger partial charge in [-0.05, 0) is 19.1 Å². The van der Waals surface area contributed by atoms with Crippen LogP contribution in [0.25, 0.3) is 11.1 Å². The number of oxazole rings is 1. The summed E-state index contributed by atoms with van der Waals surface area (Å²) in [5.74, 6) is 0.675. The van der Waals surface area contributed by atoms with E-state index in [-0.39, 0.29) is 5.91 Å². The number of nitrogens with zero attached hydrogens (tertiary/aromatic N) is 3. The van der Waals surface area contributed by atoms with E-state index in [1.54, 1.807) is 11.8 Å². The third kappa shape index (κ3) is 3.15. The second-order valence-corrected chi connectivity index (χ2v) is 6.38. The van der Waals surface area contributed by atoms with Crippen molar-refractivity contribution < 1.29 is 9.21 Å². The van der Waals surface area contributed by atoms with Crippen LogP contribution in [0, 0.1) is 0 Å². The van der Waals surface area contributed by atoms with Gasteiger partial charge in [-0.2, -0.15) is 0 Å². The van der Waals surface area contributed by atoms with E-state index in [0.29, 0.717) is 17.5 Å². The molecule has 0 unspecified atom stereocenters. The van der Waals surface area contributed by atoms with E-state index < -0.39 is 0 Å². The van der Waals surface area contributed by atoms with Gasteiger partial charge in [0.2, 0.25) is 5.91 Å². The van der Waals surface area contributed by atoms with Gasteiger partial charge in [0, 0.05) is 24.6 Å². The van der Waals surface area contributed by atoms with Crippen LogP contribution in [0.4, 0.5) is 5.13 Å². The van der Waals surface area contributed by atoms with E-state index in [2.05, 4.69) is 9.97 Å². The maximum absolute atomic E-state index is 11.5. The Kier molecular flexibility index (Phi) is 4.44. The maximum Gasteiger partial charge on any atom is 0.257 e. The van der Waals surface area contributed by atoms with Crippen molar-refractivity contribution in [2.45, 2.75) is 24.8 Å². The zero-order valence-electron chi connectivity index (χ0n) is 12.3. The number of thioether (sulfide) groups is 1. The molecule has 0 aliphatic rings. The number of para-hydroxylation sites is 2. The second kappa shape index (κ2) is 6.50. The summed E-state index contributed by atoms with van der Waals surface area (Å²) in [6.45, 7) is 4.12. The first-order valence-electron chi connectivity index (χ1n) is 6.88. The molecule has 22 heavy (non-hydrogen) atoms. The molecule has 3 rings (SSSR count). The van der Waals surface area contributed by atoms with E-state index in [0.717, 1.165) is 21.9 Å². The lowest BCUT2D eigenvalue weighted by Gasteiger charge is -2.14. The number of benzene rings is 1. The molecule has 0 aliphatic heterocycles. The third-order valence-electron chi connectivity index (χ3n) is 3.08. The summed E-state index contributed by atoms with van der Waals surface area (Å²) in [7, 11) is 0. The fraction of sp³-hybridized carbons (Fsp3) is 0.267. The lowest BCUT2D eigenvalue weighted by molar-refractivity contribution is -0.116. The zero-order valence-corrected chi connectivity index (χ0v) is 13.9. The van der Waals surface area contributed by atoms with Crippen LogP contribution in [-0.4, -0.2) is 22.4 Å². The Morgan fingerprint density at radius 3 is 2.91 bits per heavy atom. The molecule has 5 nitrogen and oxygen atoms in total. The molecule has 0 fully saturated rings. The van der Waals surface area contributed by atoms with Crippen molar-refractivity contribution >= 4 is 45.2 Å². The molecule has 0 N–H and O–H groups in total. The number of amides is 1. The Balaban J connectivity index is 1.69. The van der Waals surface area contributed by atoms with Crippen LogP contribution in [0.2, 0.25) is 0 Å². The molecule has 114 valence electrons. The van der Waals surface area contributed by atoms with Gasteiger partial charge in [0.05, 0.1) is 5.69 Å². The van der Waals surface area contributed by atoms with E-state index in [1.165, 1.54) is 23.1 Å². The molecule has 0 saturated heterocycles. The van der Waals surface area contributed by atoms with E-state index >= 15 is 0 Å². The van der Waals surface area contributed by atoms with Gasteiger partial charge in [0.15, 0.2) is 10.7 Å². The van der Waals surface area contributed by atoms with Crippen molar-refractivity contribution in [3.05, 3.63) is 35.3 Å². The number of carbonyl (C=O) groups is 1. The van der Waals surface area contributed by atoms with Crippen LogP contribution >= 0.6 is 23.1 Å². The number of carbonyl (C=O) groups excluding carboxylic acids is 1. The molecular weight excluding hydrogens is 318 g/mol. The first-order valence-corrected chi connectivity index (χ1v) is 8.74. The Morgan fingerprint density at radius 2 is 2.18 bits per heavy atom. The van der Waals surface area contributed by atoms with Crippen molar-refractivity contribution in [1.29, 1.82) is 0 Å². The molecule has 2 heterocycles.